The second-order valence-corrected chi connectivity index (χ2v) is 4.14. The fraction of sp³-hybridized carbons (Fsp3) is 0.462. The maximum atomic E-state index is 11.2. The summed E-state index contributed by atoms with van der Waals surface area (Å²) < 4.78 is 0. The molecule has 0 atom stereocenters. The van der Waals surface area contributed by atoms with Crippen molar-refractivity contribution in [1.29, 1.82) is 0 Å². The minimum absolute atomic E-state index is 0.0969. The standard InChI is InChI=1S/C13H20N2O/c1-4-13(16)14-9-11-7-5-6-8-12(11)10-15(2)3/h5-8H,4,9-10H2,1-3H3,(H,14,16). The second kappa shape index (κ2) is 6.28. The number of hydrogen-bond acceptors (Lipinski definition) is 2. The van der Waals surface area contributed by atoms with Crippen LogP contribution in [0.25, 0.3) is 0 Å². The molecule has 1 aromatic carbocycles. The molecule has 1 N–H and O–H groups in total. The first-order chi connectivity index (χ1) is 7.63. The Morgan fingerprint density at radius 1 is 1.25 bits per heavy atom. The predicted octanol–water partition coefficient (Wildman–Crippen LogP) is 1.77. The van der Waals surface area contributed by atoms with Crippen LogP contribution >= 0.6 is 0 Å². The molecule has 0 heterocycles. The van der Waals surface area contributed by atoms with E-state index in [4.69, 9.17) is 0 Å². The Morgan fingerprint density at radius 3 is 2.44 bits per heavy atom. The summed E-state index contributed by atoms with van der Waals surface area (Å²) in [6.45, 7) is 3.38. The van der Waals surface area contributed by atoms with Gasteiger partial charge in [-0.25, -0.2) is 0 Å². The largest absolute Gasteiger partial charge is 0.352 e. The zero-order valence-electron chi connectivity index (χ0n) is 10.3. The van der Waals surface area contributed by atoms with Crippen molar-refractivity contribution in [3.05, 3.63) is 35.4 Å². The molecule has 0 aromatic heterocycles. The van der Waals surface area contributed by atoms with Gasteiger partial charge >= 0.3 is 0 Å². The number of benzene rings is 1. The maximum absolute atomic E-state index is 11.2. The number of nitrogens with zero attached hydrogens (tertiary/aromatic N) is 1. The van der Waals surface area contributed by atoms with Crippen molar-refractivity contribution in [3.63, 3.8) is 0 Å². The molecule has 1 aromatic rings. The first-order valence-electron chi connectivity index (χ1n) is 5.61. The van der Waals surface area contributed by atoms with Crippen molar-refractivity contribution in [3.8, 4) is 0 Å². The summed E-state index contributed by atoms with van der Waals surface area (Å²) in [5, 5.41) is 2.90. The highest BCUT2D eigenvalue weighted by atomic mass is 16.1. The fourth-order valence-electron chi connectivity index (χ4n) is 1.54. The van der Waals surface area contributed by atoms with Crippen LogP contribution in [0.5, 0.6) is 0 Å². The van der Waals surface area contributed by atoms with Crippen LogP contribution in [0.3, 0.4) is 0 Å². The van der Waals surface area contributed by atoms with Crippen molar-refractivity contribution in [1.82, 2.24) is 10.2 Å². The van der Waals surface area contributed by atoms with E-state index in [9.17, 15) is 4.79 Å². The Hall–Kier alpha value is -1.35. The first kappa shape index (κ1) is 12.7. The summed E-state index contributed by atoms with van der Waals surface area (Å²) in [7, 11) is 4.09. The SMILES string of the molecule is CCC(=O)NCc1ccccc1CN(C)C. The molecule has 16 heavy (non-hydrogen) atoms. The van der Waals surface area contributed by atoms with Crippen LogP contribution in [-0.4, -0.2) is 24.9 Å². The molecule has 0 unspecified atom stereocenters. The number of hydrogen-bond donors (Lipinski definition) is 1. The molecule has 3 nitrogen and oxygen atoms in total. The highest BCUT2D eigenvalue weighted by Crippen LogP contribution is 2.10. The lowest BCUT2D eigenvalue weighted by atomic mass is 10.1. The van der Waals surface area contributed by atoms with Crippen LogP contribution in [0.4, 0.5) is 0 Å². The third-order valence-corrected chi connectivity index (χ3v) is 2.40. The zero-order chi connectivity index (χ0) is 12.0. The Bertz CT molecular complexity index is 348. The lowest BCUT2D eigenvalue weighted by Gasteiger charge is -2.14. The van der Waals surface area contributed by atoms with E-state index in [1.54, 1.807) is 0 Å². The molecule has 0 saturated carbocycles. The quantitative estimate of drug-likeness (QED) is 0.820. The predicted molar refractivity (Wildman–Crippen MR) is 66.0 cm³/mol. The van der Waals surface area contributed by atoms with Crippen LogP contribution in [-0.2, 0) is 17.9 Å². The normalized spacial score (nSPS) is 10.5. The van der Waals surface area contributed by atoms with E-state index in [1.807, 2.05) is 33.2 Å². The average Bonchev–Trinajstić information content (AvgIpc) is 2.26. The minimum Gasteiger partial charge on any atom is -0.352 e. The molecule has 0 fully saturated rings. The second-order valence-electron chi connectivity index (χ2n) is 4.14. The van der Waals surface area contributed by atoms with Crippen molar-refractivity contribution < 1.29 is 4.79 Å². The molecule has 0 bridgehead atoms. The molecule has 0 spiro atoms. The molecule has 0 aliphatic heterocycles. The molecular weight excluding hydrogens is 200 g/mol. The maximum Gasteiger partial charge on any atom is 0.219 e. The molecule has 0 saturated heterocycles. The van der Waals surface area contributed by atoms with Gasteiger partial charge in [0, 0.05) is 19.5 Å². The van der Waals surface area contributed by atoms with E-state index in [1.165, 1.54) is 11.1 Å². The molecule has 3 heteroatoms. The van der Waals surface area contributed by atoms with E-state index in [2.05, 4.69) is 22.3 Å². The van der Waals surface area contributed by atoms with E-state index >= 15 is 0 Å². The smallest absolute Gasteiger partial charge is 0.219 e. The van der Waals surface area contributed by atoms with E-state index < -0.39 is 0 Å². The van der Waals surface area contributed by atoms with Crippen LogP contribution in [0, 0.1) is 0 Å². The van der Waals surface area contributed by atoms with Gasteiger partial charge in [0.15, 0.2) is 0 Å². The third kappa shape index (κ3) is 4.03. The highest BCUT2D eigenvalue weighted by Gasteiger charge is 2.04. The molecule has 0 aliphatic carbocycles. The Labute approximate surface area is 97.5 Å². The summed E-state index contributed by atoms with van der Waals surface area (Å²) in [5.41, 5.74) is 2.46. The number of nitrogens with one attached hydrogen (secondary N) is 1. The van der Waals surface area contributed by atoms with Crippen LogP contribution in [0.2, 0.25) is 0 Å². The van der Waals surface area contributed by atoms with Gasteiger partial charge < -0.3 is 10.2 Å². The van der Waals surface area contributed by atoms with Crippen LogP contribution < -0.4 is 5.32 Å². The van der Waals surface area contributed by atoms with E-state index in [-0.39, 0.29) is 5.91 Å². The monoisotopic (exact) mass is 220 g/mol. The van der Waals surface area contributed by atoms with Crippen LogP contribution in [0.1, 0.15) is 24.5 Å². The lowest BCUT2D eigenvalue weighted by molar-refractivity contribution is -0.120. The Balaban J connectivity index is 2.67. The van der Waals surface area contributed by atoms with Crippen LogP contribution in [0.15, 0.2) is 24.3 Å². The third-order valence-electron chi connectivity index (χ3n) is 2.40. The Morgan fingerprint density at radius 2 is 1.88 bits per heavy atom. The van der Waals surface area contributed by atoms with Gasteiger partial charge in [-0.2, -0.15) is 0 Å². The fourth-order valence-corrected chi connectivity index (χ4v) is 1.54. The molecule has 0 aliphatic rings. The van der Waals surface area contributed by atoms with Crippen molar-refractivity contribution >= 4 is 5.91 Å². The number of amides is 1. The van der Waals surface area contributed by atoms with Gasteiger partial charge in [-0.15, -0.1) is 0 Å². The number of carbonyl (C=O) groups is 1. The summed E-state index contributed by atoms with van der Waals surface area (Å²) in [5.74, 6) is 0.0969. The van der Waals surface area contributed by atoms with Gasteiger partial charge in [0.25, 0.3) is 0 Å². The number of carbonyl (C=O) groups excluding carboxylic acids is 1. The first-order valence-corrected chi connectivity index (χ1v) is 5.61. The molecule has 0 radical (unpaired) electrons. The van der Waals surface area contributed by atoms with Gasteiger partial charge in [0.05, 0.1) is 0 Å². The molecule has 1 amide bonds. The van der Waals surface area contributed by atoms with Gasteiger partial charge in [-0.05, 0) is 25.2 Å². The van der Waals surface area contributed by atoms with Crippen molar-refractivity contribution in [2.24, 2.45) is 0 Å². The molecule has 88 valence electrons. The van der Waals surface area contributed by atoms with Crippen molar-refractivity contribution in [2.45, 2.75) is 26.4 Å². The van der Waals surface area contributed by atoms with Crippen molar-refractivity contribution in [2.75, 3.05) is 14.1 Å². The zero-order valence-corrected chi connectivity index (χ0v) is 10.3. The van der Waals surface area contributed by atoms with E-state index in [0.717, 1.165) is 6.54 Å². The summed E-state index contributed by atoms with van der Waals surface area (Å²) in [6.07, 6.45) is 0.538. The summed E-state index contributed by atoms with van der Waals surface area (Å²) in [4.78, 5) is 13.3. The van der Waals surface area contributed by atoms with Gasteiger partial charge in [-0.1, -0.05) is 31.2 Å². The van der Waals surface area contributed by atoms with Gasteiger partial charge in [-0.3, -0.25) is 4.79 Å². The van der Waals surface area contributed by atoms with E-state index in [0.29, 0.717) is 13.0 Å². The lowest BCUT2D eigenvalue weighted by Crippen LogP contribution is -2.23. The average molecular weight is 220 g/mol. The topological polar surface area (TPSA) is 32.3 Å². The molecule has 1 rings (SSSR count). The minimum atomic E-state index is 0.0969. The number of rotatable bonds is 5. The highest BCUT2D eigenvalue weighted by molar-refractivity contribution is 5.75. The Kier molecular flexibility index (Phi) is 4.99. The molecular formula is C13H20N2O. The van der Waals surface area contributed by atoms with Gasteiger partial charge in [0.1, 0.15) is 0 Å². The summed E-state index contributed by atoms with van der Waals surface area (Å²) in [6, 6.07) is 8.21. The van der Waals surface area contributed by atoms with Gasteiger partial charge in [0.2, 0.25) is 5.91 Å². The summed E-state index contributed by atoms with van der Waals surface area (Å²) >= 11 is 0.